The number of nitrogens with one attached hydrogen (secondary N) is 1. The summed E-state index contributed by atoms with van der Waals surface area (Å²) in [6.07, 6.45) is 0. The van der Waals surface area contributed by atoms with Gasteiger partial charge in [0.2, 0.25) is 0 Å². The maximum Gasteiger partial charge on any atom is 0.350 e. The molecule has 0 bridgehead atoms. The van der Waals surface area contributed by atoms with Crippen molar-refractivity contribution >= 4 is 27.6 Å². The highest BCUT2D eigenvalue weighted by molar-refractivity contribution is 9.10. The molecule has 13 heavy (non-hydrogen) atoms. The Morgan fingerprint density at radius 1 is 1.38 bits per heavy atom. The van der Waals surface area contributed by atoms with Gasteiger partial charge in [0.05, 0.1) is 5.69 Å². The van der Waals surface area contributed by atoms with Crippen LogP contribution in [0.25, 0.3) is 0 Å². The Balaban J connectivity index is 2.83. The van der Waals surface area contributed by atoms with Crippen LogP contribution in [0.4, 0.5) is 10.5 Å². The first-order valence-electron chi connectivity index (χ1n) is 3.46. The lowest BCUT2D eigenvalue weighted by Gasteiger charge is -2.15. The number of anilines is 1. The molecule has 1 aromatic rings. The number of nitrogens with two attached hydrogens (primary N) is 2. The van der Waals surface area contributed by atoms with Crippen LogP contribution in [0.1, 0.15) is 0 Å². The summed E-state index contributed by atoms with van der Waals surface area (Å²) < 4.78 is 0.915. The van der Waals surface area contributed by atoms with E-state index in [2.05, 4.69) is 15.9 Å². The smallest absolute Gasteiger partial charge is 0.274 e. The summed E-state index contributed by atoms with van der Waals surface area (Å²) >= 11 is 3.26. The molecule has 5 N–H and O–H groups in total. The van der Waals surface area contributed by atoms with Gasteiger partial charge in [0, 0.05) is 4.47 Å². The predicted molar refractivity (Wildman–Crippen MR) is 53.5 cm³/mol. The minimum atomic E-state index is -0.567. The van der Waals surface area contributed by atoms with Crippen LogP contribution < -0.4 is 22.1 Å². The highest BCUT2D eigenvalue weighted by atomic mass is 79.9. The van der Waals surface area contributed by atoms with Gasteiger partial charge in [-0.3, -0.25) is 5.43 Å². The topological polar surface area (TPSA) is 84.4 Å². The average Bonchev–Trinajstić information content (AvgIpc) is 2.17. The Morgan fingerprint density at radius 3 is 2.38 bits per heavy atom. The standard InChI is InChI=1S/C7H9BrN4O/c8-5-1-3-6(4-2-5)12(10)7(13)11-9/h1-4H,9-10H2,(H,11,13). The third-order valence-electron chi connectivity index (χ3n) is 1.45. The predicted octanol–water partition coefficient (Wildman–Crippen LogP) is 0.713. The molecule has 0 unspecified atom stereocenters. The molecule has 0 saturated heterocycles. The Morgan fingerprint density at radius 2 is 1.92 bits per heavy atom. The Hall–Kier alpha value is -1.11. The van der Waals surface area contributed by atoms with E-state index in [1.807, 2.05) is 5.43 Å². The minimum Gasteiger partial charge on any atom is -0.274 e. The van der Waals surface area contributed by atoms with Gasteiger partial charge < -0.3 is 0 Å². The van der Waals surface area contributed by atoms with Gasteiger partial charge >= 0.3 is 6.03 Å². The molecule has 0 aliphatic heterocycles. The van der Waals surface area contributed by atoms with Gasteiger partial charge in [-0.05, 0) is 24.3 Å². The van der Waals surface area contributed by atoms with E-state index in [4.69, 9.17) is 11.7 Å². The van der Waals surface area contributed by atoms with Crippen LogP contribution in [0.3, 0.4) is 0 Å². The van der Waals surface area contributed by atoms with Gasteiger partial charge in [-0.25, -0.2) is 21.5 Å². The Kier molecular flexibility index (Phi) is 3.24. The first kappa shape index (κ1) is 9.97. The molecule has 0 aliphatic rings. The molecule has 6 heteroatoms. The maximum atomic E-state index is 11.0. The summed E-state index contributed by atoms with van der Waals surface area (Å²) in [5.74, 6) is 10.3. The zero-order valence-corrected chi connectivity index (χ0v) is 8.28. The van der Waals surface area contributed by atoms with Crippen LogP contribution in [0.15, 0.2) is 28.7 Å². The number of halogens is 1. The fourth-order valence-electron chi connectivity index (χ4n) is 0.788. The van der Waals surface area contributed by atoms with Gasteiger partial charge in [-0.1, -0.05) is 15.9 Å². The highest BCUT2D eigenvalue weighted by Crippen LogP contribution is 2.15. The lowest BCUT2D eigenvalue weighted by molar-refractivity contribution is 0.246. The van der Waals surface area contributed by atoms with E-state index >= 15 is 0 Å². The molecule has 0 atom stereocenters. The summed E-state index contributed by atoms with van der Waals surface area (Å²) in [6, 6.07) is 6.37. The lowest BCUT2D eigenvalue weighted by Crippen LogP contribution is -2.47. The summed E-state index contributed by atoms with van der Waals surface area (Å²) in [4.78, 5) is 11.0. The number of urea groups is 1. The van der Waals surface area contributed by atoms with Crippen LogP contribution in [0, 0.1) is 0 Å². The molecule has 70 valence electrons. The molecule has 0 radical (unpaired) electrons. The van der Waals surface area contributed by atoms with Gasteiger partial charge in [-0.15, -0.1) is 0 Å². The van der Waals surface area contributed by atoms with Crippen LogP contribution in [0.2, 0.25) is 0 Å². The molecule has 1 aromatic carbocycles. The molecule has 0 fully saturated rings. The van der Waals surface area contributed by atoms with Crippen molar-refractivity contribution < 1.29 is 4.79 Å². The largest absolute Gasteiger partial charge is 0.350 e. The van der Waals surface area contributed by atoms with Crippen LogP contribution in [-0.4, -0.2) is 6.03 Å². The van der Waals surface area contributed by atoms with E-state index in [0.717, 1.165) is 9.48 Å². The first-order chi connectivity index (χ1) is 6.15. The van der Waals surface area contributed by atoms with Crippen LogP contribution >= 0.6 is 15.9 Å². The lowest BCUT2D eigenvalue weighted by atomic mass is 10.3. The number of hydrogen-bond donors (Lipinski definition) is 3. The highest BCUT2D eigenvalue weighted by Gasteiger charge is 2.08. The molecule has 0 heterocycles. The van der Waals surface area contributed by atoms with Crippen molar-refractivity contribution in [1.82, 2.24) is 5.43 Å². The van der Waals surface area contributed by atoms with Crippen molar-refractivity contribution in [3.8, 4) is 0 Å². The second-order valence-corrected chi connectivity index (χ2v) is 3.21. The van der Waals surface area contributed by atoms with Crippen molar-refractivity contribution in [2.45, 2.75) is 0 Å². The number of benzene rings is 1. The zero-order chi connectivity index (χ0) is 9.84. The molecular formula is C7H9BrN4O. The summed E-state index contributed by atoms with van der Waals surface area (Å²) in [5, 5.41) is 0.923. The van der Waals surface area contributed by atoms with Crippen molar-refractivity contribution in [3.05, 3.63) is 28.7 Å². The summed E-state index contributed by atoms with van der Waals surface area (Å²) in [5.41, 5.74) is 2.49. The van der Waals surface area contributed by atoms with Gasteiger partial charge in [0.15, 0.2) is 0 Å². The number of amides is 2. The van der Waals surface area contributed by atoms with E-state index in [9.17, 15) is 4.79 Å². The van der Waals surface area contributed by atoms with Crippen molar-refractivity contribution in [1.29, 1.82) is 0 Å². The SMILES string of the molecule is NNC(=O)N(N)c1ccc(Br)cc1. The molecular weight excluding hydrogens is 236 g/mol. The molecule has 0 saturated carbocycles. The van der Waals surface area contributed by atoms with Crippen molar-refractivity contribution in [3.63, 3.8) is 0 Å². The van der Waals surface area contributed by atoms with E-state index in [1.165, 1.54) is 0 Å². The van der Waals surface area contributed by atoms with E-state index in [0.29, 0.717) is 5.69 Å². The average molecular weight is 245 g/mol. The maximum absolute atomic E-state index is 11.0. The number of carbonyl (C=O) groups is 1. The number of hydrazine groups is 2. The minimum absolute atomic E-state index is 0.561. The van der Waals surface area contributed by atoms with Crippen molar-refractivity contribution in [2.24, 2.45) is 11.7 Å². The summed E-state index contributed by atoms with van der Waals surface area (Å²) in [6.45, 7) is 0. The van der Waals surface area contributed by atoms with E-state index in [-0.39, 0.29) is 0 Å². The van der Waals surface area contributed by atoms with Gasteiger partial charge in [0.1, 0.15) is 0 Å². The number of rotatable bonds is 1. The number of carbonyl (C=O) groups excluding carboxylic acids is 1. The molecule has 0 aromatic heterocycles. The molecule has 1 rings (SSSR count). The first-order valence-corrected chi connectivity index (χ1v) is 4.25. The van der Waals surface area contributed by atoms with Crippen LogP contribution in [-0.2, 0) is 0 Å². The quantitative estimate of drug-likeness (QED) is 0.387. The number of hydrogen-bond acceptors (Lipinski definition) is 3. The fraction of sp³-hybridized carbons (Fsp3) is 0. The molecule has 2 amide bonds. The third kappa shape index (κ3) is 2.41. The van der Waals surface area contributed by atoms with E-state index < -0.39 is 6.03 Å². The van der Waals surface area contributed by atoms with Gasteiger partial charge in [-0.2, -0.15) is 0 Å². The summed E-state index contributed by atoms with van der Waals surface area (Å²) in [7, 11) is 0. The molecule has 0 aliphatic carbocycles. The molecule has 0 spiro atoms. The number of nitrogens with zero attached hydrogens (tertiary/aromatic N) is 1. The Bertz CT molecular complexity index is 300. The normalized spacial score (nSPS) is 9.46. The Labute approximate surface area is 83.8 Å². The molecule has 5 nitrogen and oxygen atoms in total. The van der Waals surface area contributed by atoms with E-state index in [1.54, 1.807) is 24.3 Å². The zero-order valence-electron chi connectivity index (χ0n) is 6.70. The van der Waals surface area contributed by atoms with Crippen LogP contribution in [0.5, 0.6) is 0 Å². The third-order valence-corrected chi connectivity index (χ3v) is 1.98. The van der Waals surface area contributed by atoms with Crippen molar-refractivity contribution in [2.75, 3.05) is 5.01 Å². The second kappa shape index (κ2) is 4.22. The van der Waals surface area contributed by atoms with Gasteiger partial charge in [0.25, 0.3) is 0 Å². The fourth-order valence-corrected chi connectivity index (χ4v) is 1.05. The monoisotopic (exact) mass is 244 g/mol. The second-order valence-electron chi connectivity index (χ2n) is 2.30.